The van der Waals surface area contributed by atoms with Crippen molar-refractivity contribution in [2.24, 2.45) is 4.99 Å². The zero-order chi connectivity index (χ0) is 18.5. The molecule has 0 aliphatic rings. The Morgan fingerprint density at radius 1 is 1.32 bits per heavy atom. The highest BCUT2D eigenvalue weighted by atomic mass is 19.1. The maximum Gasteiger partial charge on any atom is 0.305 e. The summed E-state index contributed by atoms with van der Waals surface area (Å²) in [6.45, 7) is 5.76. The van der Waals surface area contributed by atoms with Crippen molar-refractivity contribution in [1.29, 1.82) is 0 Å². The summed E-state index contributed by atoms with van der Waals surface area (Å²) in [4.78, 5) is 15.5. The number of methoxy groups -OCH3 is 1. The second-order valence-corrected chi connectivity index (χ2v) is 5.57. The minimum Gasteiger partial charge on any atom is -0.489 e. The summed E-state index contributed by atoms with van der Waals surface area (Å²) in [5, 5.41) is 6.37. The molecule has 0 bridgehead atoms. The number of hydrogen-bond acceptors (Lipinski definition) is 4. The average molecular weight is 353 g/mol. The Labute approximate surface area is 148 Å². The Hall–Kier alpha value is -2.31. The fourth-order valence-corrected chi connectivity index (χ4v) is 2.07. The Bertz CT molecular complexity index is 552. The highest BCUT2D eigenvalue weighted by Crippen LogP contribution is 2.13. The van der Waals surface area contributed by atoms with Gasteiger partial charge in [-0.05, 0) is 38.8 Å². The van der Waals surface area contributed by atoms with Gasteiger partial charge in [-0.2, -0.15) is 0 Å². The normalized spacial score (nSPS) is 12.4. The number of nitrogens with zero attached hydrogens (tertiary/aromatic N) is 1. The number of rotatable bonds is 10. The molecule has 0 radical (unpaired) electrons. The highest BCUT2D eigenvalue weighted by Gasteiger charge is 2.06. The van der Waals surface area contributed by atoms with Crippen LogP contribution in [0.5, 0.6) is 5.75 Å². The van der Waals surface area contributed by atoms with Crippen LogP contribution in [0.4, 0.5) is 4.39 Å². The van der Waals surface area contributed by atoms with Crippen LogP contribution >= 0.6 is 0 Å². The molecule has 7 heteroatoms. The number of aliphatic imine (C=N–C) groups is 1. The standard InChI is InChI=1S/C18H28FN3O3/c1-4-20-18(21-11-6-5-10-17(23)24-3)22-13-14(2)25-16-9-7-8-15(19)12-16/h7-9,12,14H,4-6,10-11,13H2,1-3H3,(H2,20,21,22). The van der Waals surface area contributed by atoms with Crippen molar-refractivity contribution in [2.45, 2.75) is 39.2 Å². The fourth-order valence-electron chi connectivity index (χ4n) is 2.07. The van der Waals surface area contributed by atoms with Gasteiger partial charge in [0, 0.05) is 25.6 Å². The summed E-state index contributed by atoms with van der Waals surface area (Å²) in [5.74, 6) is 0.665. The number of carbonyl (C=O) groups is 1. The predicted octanol–water partition coefficient (Wildman–Crippen LogP) is 2.49. The van der Waals surface area contributed by atoms with Crippen molar-refractivity contribution in [2.75, 3.05) is 26.7 Å². The van der Waals surface area contributed by atoms with Crippen LogP contribution in [0.2, 0.25) is 0 Å². The Balaban J connectivity index is 2.36. The quantitative estimate of drug-likeness (QED) is 0.293. The van der Waals surface area contributed by atoms with Crippen LogP contribution in [0.1, 0.15) is 33.1 Å². The summed E-state index contributed by atoms with van der Waals surface area (Å²) >= 11 is 0. The molecule has 0 aliphatic heterocycles. The first kappa shape index (κ1) is 20.7. The Morgan fingerprint density at radius 3 is 2.80 bits per heavy atom. The second kappa shape index (κ2) is 12.1. The van der Waals surface area contributed by atoms with E-state index in [1.165, 1.54) is 19.2 Å². The topological polar surface area (TPSA) is 72.0 Å². The number of benzene rings is 1. The number of hydrogen-bond donors (Lipinski definition) is 2. The number of unbranched alkanes of at least 4 members (excludes halogenated alkanes) is 1. The molecule has 0 saturated carbocycles. The lowest BCUT2D eigenvalue weighted by Gasteiger charge is -2.15. The first-order chi connectivity index (χ1) is 12.0. The highest BCUT2D eigenvalue weighted by molar-refractivity contribution is 5.79. The van der Waals surface area contributed by atoms with Gasteiger partial charge in [0.2, 0.25) is 0 Å². The van der Waals surface area contributed by atoms with Gasteiger partial charge < -0.3 is 20.1 Å². The van der Waals surface area contributed by atoms with Crippen molar-refractivity contribution in [3.63, 3.8) is 0 Å². The summed E-state index contributed by atoms with van der Waals surface area (Å²) in [5.41, 5.74) is 0. The molecule has 25 heavy (non-hydrogen) atoms. The van der Waals surface area contributed by atoms with Crippen LogP contribution in [0.3, 0.4) is 0 Å². The van der Waals surface area contributed by atoms with Crippen LogP contribution in [0, 0.1) is 5.82 Å². The zero-order valence-electron chi connectivity index (χ0n) is 15.2. The van der Waals surface area contributed by atoms with E-state index in [0.29, 0.717) is 31.2 Å². The largest absolute Gasteiger partial charge is 0.489 e. The zero-order valence-corrected chi connectivity index (χ0v) is 15.2. The molecule has 0 heterocycles. The average Bonchev–Trinajstić information content (AvgIpc) is 2.59. The van der Waals surface area contributed by atoms with Gasteiger partial charge in [-0.15, -0.1) is 0 Å². The summed E-state index contributed by atoms with van der Waals surface area (Å²) < 4.78 is 23.4. The van der Waals surface area contributed by atoms with E-state index < -0.39 is 0 Å². The third-order valence-corrected chi connectivity index (χ3v) is 3.31. The van der Waals surface area contributed by atoms with Gasteiger partial charge >= 0.3 is 5.97 Å². The van der Waals surface area contributed by atoms with Crippen molar-refractivity contribution in [3.8, 4) is 5.75 Å². The first-order valence-electron chi connectivity index (χ1n) is 8.56. The van der Waals surface area contributed by atoms with Crippen LogP contribution < -0.4 is 15.4 Å². The molecule has 0 aromatic heterocycles. The van der Waals surface area contributed by atoms with Gasteiger partial charge in [0.05, 0.1) is 13.7 Å². The van der Waals surface area contributed by atoms with E-state index in [9.17, 15) is 9.18 Å². The molecule has 2 N–H and O–H groups in total. The first-order valence-corrected chi connectivity index (χ1v) is 8.56. The maximum absolute atomic E-state index is 13.2. The van der Waals surface area contributed by atoms with Gasteiger partial charge in [-0.3, -0.25) is 4.79 Å². The molecule has 0 fully saturated rings. The number of ether oxygens (including phenoxy) is 2. The molecule has 0 saturated heterocycles. The Kier molecular flexibility index (Phi) is 10.0. The lowest BCUT2D eigenvalue weighted by atomic mass is 10.2. The number of nitrogens with one attached hydrogen (secondary N) is 2. The smallest absolute Gasteiger partial charge is 0.305 e. The lowest BCUT2D eigenvalue weighted by Crippen LogP contribution is -2.38. The molecule has 1 aromatic carbocycles. The number of halogens is 1. The number of carbonyl (C=O) groups excluding carboxylic acids is 1. The molecule has 1 aromatic rings. The fraction of sp³-hybridized carbons (Fsp3) is 0.556. The van der Waals surface area contributed by atoms with Gasteiger partial charge in [0.25, 0.3) is 0 Å². The molecule has 0 spiro atoms. The van der Waals surface area contributed by atoms with Crippen molar-refractivity contribution >= 4 is 11.9 Å². The van der Waals surface area contributed by atoms with Gasteiger partial charge in [0.15, 0.2) is 5.96 Å². The molecule has 0 amide bonds. The summed E-state index contributed by atoms with van der Waals surface area (Å²) in [6.07, 6.45) is 1.84. The number of guanidine groups is 1. The minimum absolute atomic E-state index is 0.184. The minimum atomic E-state index is -0.324. The molecule has 1 rings (SSSR count). The van der Waals surface area contributed by atoms with E-state index in [1.54, 1.807) is 12.1 Å². The van der Waals surface area contributed by atoms with Gasteiger partial charge in [-0.25, -0.2) is 9.38 Å². The van der Waals surface area contributed by atoms with Gasteiger partial charge in [0.1, 0.15) is 17.7 Å². The summed E-state index contributed by atoms with van der Waals surface area (Å²) in [7, 11) is 1.39. The lowest BCUT2D eigenvalue weighted by molar-refractivity contribution is -0.140. The van der Waals surface area contributed by atoms with E-state index in [0.717, 1.165) is 19.4 Å². The van der Waals surface area contributed by atoms with Crippen molar-refractivity contribution < 1.29 is 18.7 Å². The molecule has 6 nitrogen and oxygen atoms in total. The van der Waals surface area contributed by atoms with E-state index in [2.05, 4.69) is 20.4 Å². The molecule has 1 unspecified atom stereocenters. The summed E-state index contributed by atoms with van der Waals surface area (Å²) in [6, 6.07) is 6.06. The van der Waals surface area contributed by atoms with E-state index in [4.69, 9.17) is 4.74 Å². The van der Waals surface area contributed by atoms with E-state index in [-0.39, 0.29) is 17.9 Å². The van der Waals surface area contributed by atoms with Crippen LogP contribution in [0.25, 0.3) is 0 Å². The monoisotopic (exact) mass is 353 g/mol. The molecule has 140 valence electrons. The Morgan fingerprint density at radius 2 is 2.12 bits per heavy atom. The third kappa shape index (κ3) is 9.54. The van der Waals surface area contributed by atoms with Gasteiger partial charge in [-0.1, -0.05) is 6.07 Å². The molecular formula is C18H28FN3O3. The maximum atomic E-state index is 13.2. The van der Waals surface area contributed by atoms with Crippen LogP contribution in [-0.4, -0.2) is 44.8 Å². The predicted molar refractivity (Wildman–Crippen MR) is 96.3 cm³/mol. The molecule has 1 atom stereocenters. The molecule has 0 aliphatic carbocycles. The van der Waals surface area contributed by atoms with Crippen LogP contribution in [-0.2, 0) is 9.53 Å². The van der Waals surface area contributed by atoms with Crippen molar-refractivity contribution in [1.82, 2.24) is 10.6 Å². The SMILES string of the molecule is CCNC(=NCC(C)Oc1cccc(F)c1)NCCCCC(=O)OC. The van der Waals surface area contributed by atoms with Crippen molar-refractivity contribution in [3.05, 3.63) is 30.1 Å². The van der Waals surface area contributed by atoms with Crippen LogP contribution in [0.15, 0.2) is 29.3 Å². The second-order valence-electron chi connectivity index (χ2n) is 5.57. The number of esters is 1. The van der Waals surface area contributed by atoms with E-state index in [1.807, 2.05) is 13.8 Å². The molecular weight excluding hydrogens is 325 g/mol. The van der Waals surface area contributed by atoms with E-state index >= 15 is 0 Å². The third-order valence-electron chi connectivity index (χ3n) is 3.31.